The molecule has 1 heterocycles. The Morgan fingerprint density at radius 2 is 1.68 bits per heavy atom. The van der Waals surface area contributed by atoms with E-state index in [2.05, 4.69) is 5.32 Å². The van der Waals surface area contributed by atoms with Crippen molar-refractivity contribution in [2.45, 2.75) is 26.8 Å². The van der Waals surface area contributed by atoms with Crippen molar-refractivity contribution in [3.8, 4) is 17.1 Å². The van der Waals surface area contributed by atoms with Gasteiger partial charge in [-0.2, -0.15) is 0 Å². The van der Waals surface area contributed by atoms with Crippen LogP contribution in [0.5, 0.6) is 5.75 Å². The molecule has 1 N–H and O–H groups in total. The highest BCUT2D eigenvalue weighted by atomic mass is 16.5. The number of amides is 1. The van der Waals surface area contributed by atoms with Crippen LogP contribution < -0.4 is 10.1 Å². The summed E-state index contributed by atoms with van der Waals surface area (Å²) in [6.45, 7) is 5.99. The Hall–Kier alpha value is -3.34. The summed E-state index contributed by atoms with van der Waals surface area (Å²) >= 11 is 0. The van der Waals surface area contributed by atoms with Gasteiger partial charge in [0.15, 0.2) is 11.5 Å². The number of Topliss-reactive ketones (excluding diaryl/α,β-unsaturated/α-hetero) is 1. The first-order chi connectivity index (χ1) is 13.5. The number of ether oxygens (including phenoxy) is 1. The van der Waals surface area contributed by atoms with Crippen LogP contribution in [0.3, 0.4) is 0 Å². The van der Waals surface area contributed by atoms with Crippen LogP contribution in [0.1, 0.15) is 53.3 Å². The zero-order valence-corrected chi connectivity index (χ0v) is 16.2. The zero-order chi connectivity index (χ0) is 20.1. The third-order valence-electron chi connectivity index (χ3n) is 4.44. The molecule has 2 aromatic carbocycles. The molecule has 28 heavy (non-hydrogen) atoms. The number of ketones is 1. The normalized spacial score (nSPS) is 11.7. The van der Waals surface area contributed by atoms with Crippen LogP contribution >= 0.6 is 0 Å². The monoisotopic (exact) mass is 377 g/mol. The molecule has 0 spiro atoms. The molecule has 1 unspecified atom stereocenters. The van der Waals surface area contributed by atoms with Gasteiger partial charge in [-0.15, -0.1) is 0 Å². The Morgan fingerprint density at radius 1 is 1.00 bits per heavy atom. The van der Waals surface area contributed by atoms with Crippen molar-refractivity contribution in [2.75, 3.05) is 6.61 Å². The molecule has 0 fully saturated rings. The molecule has 1 aromatic heterocycles. The fourth-order valence-electron chi connectivity index (χ4n) is 2.85. The Kier molecular flexibility index (Phi) is 5.94. The zero-order valence-electron chi connectivity index (χ0n) is 16.2. The van der Waals surface area contributed by atoms with E-state index in [1.165, 1.54) is 6.92 Å². The van der Waals surface area contributed by atoms with Gasteiger partial charge in [0.25, 0.3) is 5.91 Å². The van der Waals surface area contributed by atoms with Crippen LogP contribution in [0.15, 0.2) is 65.1 Å². The summed E-state index contributed by atoms with van der Waals surface area (Å²) in [6.07, 6.45) is 0. The minimum atomic E-state index is -0.284. The third kappa shape index (κ3) is 4.49. The molecule has 0 saturated heterocycles. The van der Waals surface area contributed by atoms with E-state index in [1.807, 2.05) is 38.1 Å². The summed E-state index contributed by atoms with van der Waals surface area (Å²) in [5.74, 6) is 1.34. The second-order valence-corrected chi connectivity index (χ2v) is 6.49. The lowest BCUT2D eigenvalue weighted by Crippen LogP contribution is -2.26. The van der Waals surface area contributed by atoms with Gasteiger partial charge in [-0.25, -0.2) is 0 Å². The lowest BCUT2D eigenvalue weighted by Gasteiger charge is -2.14. The molecule has 0 radical (unpaired) electrons. The summed E-state index contributed by atoms with van der Waals surface area (Å²) in [4.78, 5) is 23.9. The quantitative estimate of drug-likeness (QED) is 0.586. The van der Waals surface area contributed by atoms with E-state index >= 15 is 0 Å². The van der Waals surface area contributed by atoms with Crippen molar-refractivity contribution in [3.05, 3.63) is 77.6 Å². The van der Waals surface area contributed by atoms with Crippen LogP contribution in [0, 0.1) is 0 Å². The summed E-state index contributed by atoms with van der Waals surface area (Å²) in [5, 5.41) is 2.93. The smallest absolute Gasteiger partial charge is 0.287 e. The van der Waals surface area contributed by atoms with E-state index < -0.39 is 0 Å². The minimum Gasteiger partial charge on any atom is -0.494 e. The maximum absolute atomic E-state index is 12.5. The van der Waals surface area contributed by atoms with Crippen molar-refractivity contribution < 1.29 is 18.7 Å². The lowest BCUT2D eigenvalue weighted by molar-refractivity contribution is 0.0912. The molecule has 3 rings (SSSR count). The van der Waals surface area contributed by atoms with Gasteiger partial charge in [0.2, 0.25) is 0 Å². The average Bonchev–Trinajstić information content (AvgIpc) is 3.19. The predicted molar refractivity (Wildman–Crippen MR) is 108 cm³/mol. The number of rotatable bonds is 7. The molecule has 0 aliphatic rings. The lowest BCUT2D eigenvalue weighted by atomic mass is 10.1. The Bertz CT molecular complexity index is 955. The molecule has 0 saturated carbocycles. The van der Waals surface area contributed by atoms with Crippen LogP contribution in [0.2, 0.25) is 0 Å². The van der Waals surface area contributed by atoms with Crippen molar-refractivity contribution in [1.82, 2.24) is 5.32 Å². The van der Waals surface area contributed by atoms with Crippen LogP contribution in [-0.4, -0.2) is 18.3 Å². The molecule has 1 atom stereocenters. The summed E-state index contributed by atoms with van der Waals surface area (Å²) < 4.78 is 11.1. The molecule has 1 amide bonds. The van der Waals surface area contributed by atoms with Gasteiger partial charge in [-0.1, -0.05) is 36.4 Å². The number of nitrogens with one attached hydrogen (secondary N) is 1. The summed E-state index contributed by atoms with van der Waals surface area (Å²) in [6, 6.07) is 18.0. The first-order valence-corrected chi connectivity index (χ1v) is 9.22. The van der Waals surface area contributed by atoms with Crippen LogP contribution in [-0.2, 0) is 0 Å². The number of hydrogen-bond donors (Lipinski definition) is 1. The van der Waals surface area contributed by atoms with E-state index in [9.17, 15) is 9.59 Å². The molecule has 0 aliphatic carbocycles. The van der Waals surface area contributed by atoms with E-state index in [1.54, 1.807) is 36.4 Å². The fourth-order valence-corrected chi connectivity index (χ4v) is 2.85. The first kappa shape index (κ1) is 19.4. The molecule has 3 aromatic rings. The van der Waals surface area contributed by atoms with Crippen molar-refractivity contribution in [3.63, 3.8) is 0 Å². The van der Waals surface area contributed by atoms with Gasteiger partial charge in [0.05, 0.1) is 12.6 Å². The highest BCUT2D eigenvalue weighted by molar-refractivity contribution is 5.94. The first-order valence-electron chi connectivity index (χ1n) is 9.22. The van der Waals surface area contributed by atoms with Crippen LogP contribution in [0.4, 0.5) is 0 Å². The Morgan fingerprint density at radius 3 is 2.29 bits per heavy atom. The molecule has 5 nitrogen and oxygen atoms in total. The molecule has 0 bridgehead atoms. The average molecular weight is 377 g/mol. The van der Waals surface area contributed by atoms with Gasteiger partial charge in [-0.3, -0.25) is 9.59 Å². The third-order valence-corrected chi connectivity index (χ3v) is 4.44. The maximum atomic E-state index is 12.5. The maximum Gasteiger partial charge on any atom is 0.287 e. The number of carbonyl (C=O) groups is 2. The van der Waals surface area contributed by atoms with E-state index in [4.69, 9.17) is 9.15 Å². The molecule has 0 aliphatic heterocycles. The van der Waals surface area contributed by atoms with Gasteiger partial charge < -0.3 is 14.5 Å². The fraction of sp³-hybridized carbons (Fsp3) is 0.217. The van der Waals surface area contributed by atoms with E-state index in [0.717, 1.165) is 16.9 Å². The highest BCUT2D eigenvalue weighted by Gasteiger charge is 2.16. The largest absolute Gasteiger partial charge is 0.494 e. The van der Waals surface area contributed by atoms with Crippen molar-refractivity contribution in [1.29, 1.82) is 0 Å². The van der Waals surface area contributed by atoms with Gasteiger partial charge in [0, 0.05) is 11.1 Å². The number of hydrogen-bond acceptors (Lipinski definition) is 4. The Labute approximate surface area is 164 Å². The van der Waals surface area contributed by atoms with Gasteiger partial charge in [0.1, 0.15) is 11.5 Å². The Balaban J connectivity index is 1.67. The van der Waals surface area contributed by atoms with E-state index in [0.29, 0.717) is 17.9 Å². The second kappa shape index (κ2) is 8.57. The summed E-state index contributed by atoms with van der Waals surface area (Å²) in [5.41, 5.74) is 2.42. The second-order valence-electron chi connectivity index (χ2n) is 6.49. The minimum absolute atomic E-state index is 0.00865. The number of carbonyl (C=O) groups excluding carboxylic acids is 2. The standard InChI is InChI=1S/C23H23NO4/c1-4-27-20-11-9-17(10-12-20)15(2)24-23(26)22-14-13-21(28-22)19-7-5-18(6-8-19)16(3)25/h5-15H,4H2,1-3H3,(H,24,26). The number of furan rings is 1. The number of benzene rings is 2. The van der Waals surface area contributed by atoms with Crippen LogP contribution in [0.25, 0.3) is 11.3 Å². The van der Waals surface area contributed by atoms with Crippen molar-refractivity contribution in [2.24, 2.45) is 0 Å². The topological polar surface area (TPSA) is 68.5 Å². The molecule has 5 heteroatoms. The molecular formula is C23H23NO4. The van der Waals surface area contributed by atoms with Crippen molar-refractivity contribution >= 4 is 11.7 Å². The SMILES string of the molecule is CCOc1ccc(C(C)NC(=O)c2ccc(-c3ccc(C(C)=O)cc3)o2)cc1. The summed E-state index contributed by atoms with van der Waals surface area (Å²) in [7, 11) is 0. The van der Waals surface area contributed by atoms with Gasteiger partial charge >= 0.3 is 0 Å². The highest BCUT2D eigenvalue weighted by Crippen LogP contribution is 2.24. The van der Waals surface area contributed by atoms with Gasteiger partial charge in [-0.05, 0) is 50.6 Å². The predicted octanol–water partition coefficient (Wildman–Crippen LogP) is 5.04. The van der Waals surface area contributed by atoms with E-state index in [-0.39, 0.29) is 23.5 Å². The molecule has 144 valence electrons. The molecular weight excluding hydrogens is 354 g/mol.